The molecule has 0 unspecified atom stereocenters. The largest absolute Gasteiger partial charge is 0.502 e. The van der Waals surface area contributed by atoms with Gasteiger partial charge in [-0.25, -0.2) is 0 Å². The standard InChI is InChI=1S/C7H12O/c1-3-8-5-7-4-6(7)2/h5-6H,3-4H2,1-2H3/b7-5-/t6-/m1/s1. The van der Waals surface area contributed by atoms with E-state index in [-0.39, 0.29) is 0 Å². The SMILES string of the molecule is CCO/C=C1/C[C@H]1C. The van der Waals surface area contributed by atoms with Crippen molar-refractivity contribution in [3.05, 3.63) is 11.8 Å². The Bertz CT molecular complexity index is 105. The topological polar surface area (TPSA) is 9.23 Å². The highest BCUT2D eigenvalue weighted by Gasteiger charge is 2.23. The smallest absolute Gasteiger partial charge is 0.0845 e. The molecular weight excluding hydrogens is 100 g/mol. The number of ether oxygens (including phenoxy) is 1. The summed E-state index contributed by atoms with van der Waals surface area (Å²) >= 11 is 0. The molecule has 0 radical (unpaired) electrons. The van der Waals surface area contributed by atoms with Crippen LogP contribution in [0.4, 0.5) is 0 Å². The molecule has 0 bridgehead atoms. The molecule has 1 aliphatic rings. The van der Waals surface area contributed by atoms with Crippen molar-refractivity contribution in [1.29, 1.82) is 0 Å². The summed E-state index contributed by atoms with van der Waals surface area (Å²) in [5.74, 6) is 0.807. The predicted octanol–water partition coefficient (Wildman–Crippen LogP) is 1.95. The monoisotopic (exact) mass is 112 g/mol. The average Bonchev–Trinajstić information content (AvgIpc) is 2.42. The van der Waals surface area contributed by atoms with Gasteiger partial charge >= 0.3 is 0 Å². The Labute approximate surface area is 50.3 Å². The van der Waals surface area contributed by atoms with Gasteiger partial charge < -0.3 is 4.74 Å². The maximum absolute atomic E-state index is 5.07. The molecule has 1 fully saturated rings. The third-order valence-electron chi connectivity index (χ3n) is 1.42. The van der Waals surface area contributed by atoms with Crippen LogP contribution in [-0.4, -0.2) is 6.61 Å². The molecule has 0 aromatic rings. The molecule has 1 nitrogen and oxygen atoms in total. The van der Waals surface area contributed by atoms with E-state index in [1.54, 1.807) is 0 Å². The number of hydrogen-bond acceptors (Lipinski definition) is 1. The van der Waals surface area contributed by atoms with Crippen LogP contribution in [0.25, 0.3) is 0 Å². The highest BCUT2D eigenvalue weighted by molar-refractivity contribution is 5.19. The molecule has 1 aliphatic carbocycles. The lowest BCUT2D eigenvalue weighted by atomic mass is 10.5. The van der Waals surface area contributed by atoms with Crippen LogP contribution in [-0.2, 0) is 4.74 Å². The molecule has 0 heterocycles. The number of hydrogen-bond donors (Lipinski definition) is 0. The van der Waals surface area contributed by atoms with Crippen LogP contribution in [0.2, 0.25) is 0 Å². The molecular formula is C7H12O. The summed E-state index contributed by atoms with van der Waals surface area (Å²) in [6.45, 7) is 5.02. The van der Waals surface area contributed by atoms with Crippen molar-refractivity contribution in [3.8, 4) is 0 Å². The molecule has 1 rings (SSSR count). The van der Waals surface area contributed by atoms with Crippen LogP contribution in [0.1, 0.15) is 20.3 Å². The summed E-state index contributed by atoms with van der Waals surface area (Å²) in [7, 11) is 0. The van der Waals surface area contributed by atoms with Crippen LogP contribution >= 0.6 is 0 Å². The van der Waals surface area contributed by atoms with Crippen LogP contribution in [0.3, 0.4) is 0 Å². The molecule has 46 valence electrons. The second-order valence-corrected chi connectivity index (χ2v) is 2.25. The second-order valence-electron chi connectivity index (χ2n) is 2.25. The highest BCUT2D eigenvalue weighted by atomic mass is 16.5. The van der Waals surface area contributed by atoms with Gasteiger partial charge in [0.15, 0.2) is 0 Å². The molecule has 0 N–H and O–H groups in total. The third kappa shape index (κ3) is 1.25. The van der Waals surface area contributed by atoms with Crippen molar-refractivity contribution in [1.82, 2.24) is 0 Å². The van der Waals surface area contributed by atoms with Crippen molar-refractivity contribution >= 4 is 0 Å². The molecule has 8 heavy (non-hydrogen) atoms. The van der Waals surface area contributed by atoms with Crippen molar-refractivity contribution in [2.24, 2.45) is 5.92 Å². The maximum Gasteiger partial charge on any atom is 0.0845 e. The van der Waals surface area contributed by atoms with Gasteiger partial charge in [0.25, 0.3) is 0 Å². The lowest BCUT2D eigenvalue weighted by Gasteiger charge is -1.88. The van der Waals surface area contributed by atoms with Crippen molar-refractivity contribution in [2.45, 2.75) is 20.3 Å². The highest BCUT2D eigenvalue weighted by Crippen LogP contribution is 2.36. The Morgan fingerprint density at radius 1 is 1.88 bits per heavy atom. The Hall–Kier alpha value is -0.460. The minimum Gasteiger partial charge on any atom is -0.502 e. The summed E-state index contributed by atoms with van der Waals surface area (Å²) in [4.78, 5) is 0. The first-order valence-corrected chi connectivity index (χ1v) is 3.15. The zero-order valence-electron chi connectivity index (χ0n) is 5.48. The van der Waals surface area contributed by atoms with E-state index in [9.17, 15) is 0 Å². The molecule has 0 aliphatic heterocycles. The zero-order valence-corrected chi connectivity index (χ0v) is 5.48. The van der Waals surface area contributed by atoms with Crippen LogP contribution < -0.4 is 0 Å². The van der Waals surface area contributed by atoms with E-state index in [2.05, 4.69) is 6.92 Å². The van der Waals surface area contributed by atoms with E-state index < -0.39 is 0 Å². The van der Waals surface area contributed by atoms with Gasteiger partial charge in [0.1, 0.15) is 0 Å². The van der Waals surface area contributed by atoms with E-state index in [1.165, 1.54) is 12.0 Å². The first-order chi connectivity index (χ1) is 3.84. The van der Waals surface area contributed by atoms with Gasteiger partial charge in [0, 0.05) is 0 Å². The first-order valence-electron chi connectivity index (χ1n) is 3.15. The molecule has 0 amide bonds. The van der Waals surface area contributed by atoms with E-state index in [0.717, 1.165) is 12.5 Å². The van der Waals surface area contributed by atoms with Gasteiger partial charge in [0.2, 0.25) is 0 Å². The summed E-state index contributed by atoms with van der Waals surface area (Å²) in [5.41, 5.74) is 1.46. The quantitative estimate of drug-likeness (QED) is 0.496. The first kappa shape index (κ1) is 5.67. The Morgan fingerprint density at radius 2 is 2.50 bits per heavy atom. The summed E-state index contributed by atoms with van der Waals surface area (Å²) < 4.78 is 5.07. The summed E-state index contributed by atoms with van der Waals surface area (Å²) in [5, 5.41) is 0. The van der Waals surface area contributed by atoms with Crippen LogP contribution in [0, 0.1) is 5.92 Å². The molecule has 0 saturated heterocycles. The minimum atomic E-state index is 0.802. The number of rotatable bonds is 2. The predicted molar refractivity (Wildman–Crippen MR) is 33.5 cm³/mol. The van der Waals surface area contributed by atoms with Gasteiger partial charge in [-0.05, 0) is 24.8 Å². The van der Waals surface area contributed by atoms with Gasteiger partial charge in [-0.15, -0.1) is 0 Å². The van der Waals surface area contributed by atoms with Crippen molar-refractivity contribution in [2.75, 3.05) is 6.61 Å². The van der Waals surface area contributed by atoms with Gasteiger partial charge in [-0.1, -0.05) is 6.92 Å². The zero-order chi connectivity index (χ0) is 5.98. The van der Waals surface area contributed by atoms with E-state index in [4.69, 9.17) is 4.74 Å². The lowest BCUT2D eigenvalue weighted by molar-refractivity contribution is 0.267. The second kappa shape index (κ2) is 2.21. The number of allylic oxidation sites excluding steroid dienone is 1. The van der Waals surface area contributed by atoms with E-state index in [1.807, 2.05) is 13.2 Å². The maximum atomic E-state index is 5.07. The van der Waals surface area contributed by atoms with E-state index in [0.29, 0.717) is 0 Å². The summed E-state index contributed by atoms with van der Waals surface area (Å²) in [6.07, 6.45) is 3.14. The fourth-order valence-electron chi connectivity index (χ4n) is 0.649. The van der Waals surface area contributed by atoms with Crippen molar-refractivity contribution in [3.63, 3.8) is 0 Å². The van der Waals surface area contributed by atoms with Crippen molar-refractivity contribution < 1.29 is 4.74 Å². The molecule has 0 aromatic carbocycles. The molecule has 1 saturated carbocycles. The fourth-order valence-corrected chi connectivity index (χ4v) is 0.649. The van der Waals surface area contributed by atoms with Crippen LogP contribution in [0.5, 0.6) is 0 Å². The summed E-state index contributed by atoms with van der Waals surface area (Å²) in [6, 6.07) is 0. The normalized spacial score (nSPS) is 30.8. The fraction of sp³-hybridized carbons (Fsp3) is 0.714. The Balaban J connectivity index is 2.16. The van der Waals surface area contributed by atoms with Gasteiger partial charge in [0.05, 0.1) is 12.9 Å². The Kier molecular flexibility index (Phi) is 1.56. The van der Waals surface area contributed by atoms with E-state index >= 15 is 0 Å². The molecule has 0 spiro atoms. The minimum absolute atomic E-state index is 0.802. The Morgan fingerprint density at radius 3 is 2.88 bits per heavy atom. The van der Waals surface area contributed by atoms with Crippen LogP contribution in [0.15, 0.2) is 11.8 Å². The molecule has 1 heteroatoms. The average molecular weight is 112 g/mol. The molecule has 1 atom stereocenters. The van der Waals surface area contributed by atoms with Gasteiger partial charge in [-0.3, -0.25) is 0 Å². The van der Waals surface area contributed by atoms with Gasteiger partial charge in [-0.2, -0.15) is 0 Å². The molecule has 0 aromatic heterocycles. The lowest BCUT2D eigenvalue weighted by Crippen LogP contribution is -1.75. The third-order valence-corrected chi connectivity index (χ3v) is 1.42.